The fourth-order valence-electron chi connectivity index (χ4n) is 1.23. The van der Waals surface area contributed by atoms with Gasteiger partial charge in [-0.05, 0) is 18.2 Å². The number of benzene rings is 1. The fraction of sp³-hybridized carbons (Fsp3) is 0.286. The van der Waals surface area contributed by atoms with Gasteiger partial charge in [0.1, 0.15) is 0 Å². The summed E-state index contributed by atoms with van der Waals surface area (Å²) >= 11 is 11.1. The SMILES string of the molecule is O=C(Nc1cccc(Cl)c1)OCC#CCCl.O=C(O)CNCP(=O)(O)O. The average Bonchev–Trinajstić information content (AvgIpc) is 2.50. The Morgan fingerprint density at radius 2 is 1.96 bits per heavy atom. The highest BCUT2D eigenvalue weighted by atomic mass is 35.5. The molecular weight excluding hydrogens is 410 g/mol. The van der Waals surface area contributed by atoms with Crippen LogP contribution >= 0.6 is 30.8 Å². The van der Waals surface area contributed by atoms with Gasteiger partial charge in [-0.15, -0.1) is 11.6 Å². The Morgan fingerprint density at radius 3 is 2.50 bits per heavy atom. The van der Waals surface area contributed by atoms with Crippen LogP contribution < -0.4 is 10.6 Å². The average molecular weight is 427 g/mol. The van der Waals surface area contributed by atoms with Crippen molar-refractivity contribution in [1.29, 1.82) is 0 Å². The maximum atomic E-state index is 11.2. The van der Waals surface area contributed by atoms with E-state index < -0.39 is 32.5 Å². The third kappa shape index (κ3) is 15.7. The molecule has 12 heteroatoms. The van der Waals surface area contributed by atoms with Crippen molar-refractivity contribution in [2.24, 2.45) is 0 Å². The lowest BCUT2D eigenvalue weighted by Crippen LogP contribution is -2.23. The van der Waals surface area contributed by atoms with Crippen LogP contribution in [-0.4, -0.2) is 52.3 Å². The predicted molar refractivity (Wildman–Crippen MR) is 97.5 cm³/mol. The Morgan fingerprint density at radius 1 is 1.27 bits per heavy atom. The molecule has 1 aromatic carbocycles. The van der Waals surface area contributed by atoms with Crippen molar-refractivity contribution >= 4 is 48.5 Å². The van der Waals surface area contributed by atoms with Gasteiger partial charge in [0.15, 0.2) is 6.61 Å². The summed E-state index contributed by atoms with van der Waals surface area (Å²) in [4.78, 5) is 37.4. The van der Waals surface area contributed by atoms with Crippen molar-refractivity contribution in [2.45, 2.75) is 0 Å². The van der Waals surface area contributed by atoms with Crippen LogP contribution in [0.3, 0.4) is 0 Å². The Hall–Kier alpha value is -1.79. The predicted octanol–water partition coefficient (Wildman–Crippen LogP) is 1.93. The van der Waals surface area contributed by atoms with Crippen molar-refractivity contribution in [1.82, 2.24) is 5.32 Å². The second-order valence-corrected chi connectivity index (χ2v) is 6.69. The van der Waals surface area contributed by atoms with Crippen molar-refractivity contribution < 1.29 is 33.8 Å². The third-order valence-electron chi connectivity index (χ3n) is 2.13. The van der Waals surface area contributed by atoms with Gasteiger partial charge in [0.25, 0.3) is 0 Å². The van der Waals surface area contributed by atoms with Crippen LogP contribution in [0.2, 0.25) is 5.02 Å². The van der Waals surface area contributed by atoms with Gasteiger partial charge in [-0.2, -0.15) is 0 Å². The summed E-state index contributed by atoms with van der Waals surface area (Å²) in [5, 5.41) is 13.1. The van der Waals surface area contributed by atoms with Gasteiger partial charge in [0, 0.05) is 10.7 Å². The van der Waals surface area contributed by atoms with Crippen LogP contribution in [0.1, 0.15) is 0 Å². The molecule has 1 rings (SSSR count). The van der Waals surface area contributed by atoms with Gasteiger partial charge in [-0.3, -0.25) is 20.0 Å². The molecule has 5 N–H and O–H groups in total. The number of carbonyl (C=O) groups excluding carboxylic acids is 1. The largest absolute Gasteiger partial charge is 0.480 e. The molecule has 0 aromatic heterocycles. The molecule has 0 bridgehead atoms. The van der Waals surface area contributed by atoms with Crippen molar-refractivity contribution in [3.8, 4) is 11.8 Å². The van der Waals surface area contributed by atoms with E-state index in [4.69, 9.17) is 42.8 Å². The summed E-state index contributed by atoms with van der Waals surface area (Å²) in [5.74, 6) is 4.21. The molecule has 144 valence electrons. The Labute approximate surface area is 159 Å². The second kappa shape index (κ2) is 13.4. The van der Waals surface area contributed by atoms with Crippen LogP contribution in [0.5, 0.6) is 0 Å². The zero-order chi connectivity index (χ0) is 20.0. The standard InChI is InChI=1S/C11H9Cl2NO2.C3H8NO5P/c12-6-1-2-7-16-11(15)14-10-5-3-4-9(13)8-10;5-3(6)1-4-2-10(7,8)9/h3-5,8H,6-7H2,(H,14,15);4H,1-2H2,(H,5,6)(H2,7,8,9). The van der Waals surface area contributed by atoms with Crippen molar-refractivity contribution in [2.75, 3.05) is 30.6 Å². The van der Waals surface area contributed by atoms with E-state index in [0.29, 0.717) is 10.7 Å². The molecule has 0 saturated heterocycles. The summed E-state index contributed by atoms with van der Waals surface area (Å²) in [5.41, 5.74) is 0.572. The zero-order valence-corrected chi connectivity index (χ0v) is 15.7. The topological polar surface area (TPSA) is 145 Å². The van der Waals surface area contributed by atoms with Gasteiger partial charge in [-0.25, -0.2) is 4.79 Å². The summed E-state index contributed by atoms with van der Waals surface area (Å²) in [6.45, 7) is -0.426. The number of carbonyl (C=O) groups is 2. The Bertz CT molecular complexity index is 700. The van der Waals surface area contributed by atoms with Gasteiger partial charge >= 0.3 is 19.7 Å². The molecule has 0 aliphatic carbocycles. The molecule has 0 aliphatic heterocycles. The first-order valence-corrected chi connectivity index (χ1v) is 9.53. The molecular formula is C14H17Cl2N2O7P. The monoisotopic (exact) mass is 426 g/mol. The Balaban J connectivity index is 0.000000541. The third-order valence-corrected chi connectivity index (χ3v) is 3.14. The first-order chi connectivity index (χ1) is 12.1. The first kappa shape index (κ1) is 24.2. The Kier molecular flexibility index (Phi) is 12.5. The lowest BCUT2D eigenvalue weighted by atomic mass is 10.3. The molecule has 9 nitrogen and oxygen atoms in total. The molecule has 0 saturated carbocycles. The molecule has 0 unspecified atom stereocenters. The molecule has 26 heavy (non-hydrogen) atoms. The second-order valence-electron chi connectivity index (χ2n) is 4.34. The minimum atomic E-state index is -4.10. The van der Waals surface area contributed by atoms with Crippen LogP contribution in [0.15, 0.2) is 24.3 Å². The molecule has 0 atom stereocenters. The number of ether oxygens (including phenoxy) is 1. The van der Waals surface area contributed by atoms with Crippen LogP contribution in [0, 0.1) is 11.8 Å². The van der Waals surface area contributed by atoms with E-state index in [-0.39, 0.29) is 12.5 Å². The highest BCUT2D eigenvalue weighted by Crippen LogP contribution is 2.31. The minimum Gasteiger partial charge on any atom is -0.480 e. The van der Waals surface area contributed by atoms with Crippen LogP contribution in [0.4, 0.5) is 10.5 Å². The maximum Gasteiger partial charge on any atom is 0.412 e. The minimum absolute atomic E-state index is 0.0130. The van der Waals surface area contributed by atoms with E-state index in [1.807, 2.05) is 0 Å². The molecule has 0 fully saturated rings. The molecule has 0 spiro atoms. The number of carboxylic acid groups (broad SMARTS) is 1. The highest BCUT2D eigenvalue weighted by molar-refractivity contribution is 7.51. The number of amides is 1. The summed E-state index contributed by atoms with van der Waals surface area (Å²) in [7, 11) is -4.10. The van der Waals surface area contributed by atoms with Gasteiger partial charge in [0.05, 0.1) is 18.7 Å². The number of nitrogens with one attached hydrogen (secondary N) is 2. The lowest BCUT2D eigenvalue weighted by Gasteiger charge is -2.04. The van der Waals surface area contributed by atoms with E-state index in [0.717, 1.165) is 0 Å². The van der Waals surface area contributed by atoms with E-state index in [1.54, 1.807) is 24.3 Å². The van der Waals surface area contributed by atoms with E-state index in [9.17, 15) is 14.2 Å². The van der Waals surface area contributed by atoms with E-state index >= 15 is 0 Å². The number of hydrogen-bond acceptors (Lipinski definition) is 5. The molecule has 0 heterocycles. The van der Waals surface area contributed by atoms with Gasteiger partial charge in [0.2, 0.25) is 0 Å². The fourth-order valence-corrected chi connectivity index (χ4v) is 1.92. The molecule has 1 amide bonds. The smallest absolute Gasteiger partial charge is 0.412 e. The zero-order valence-electron chi connectivity index (χ0n) is 13.3. The molecule has 1 aromatic rings. The summed E-state index contributed by atoms with van der Waals surface area (Å²) in [6, 6.07) is 6.76. The normalized spacial score (nSPS) is 9.85. The highest BCUT2D eigenvalue weighted by Gasteiger charge is 2.11. The van der Waals surface area contributed by atoms with Crippen molar-refractivity contribution in [3.05, 3.63) is 29.3 Å². The molecule has 0 aliphatic rings. The lowest BCUT2D eigenvalue weighted by molar-refractivity contribution is -0.135. The number of anilines is 1. The van der Waals surface area contributed by atoms with Crippen LogP contribution in [-0.2, 0) is 14.1 Å². The number of rotatable bonds is 6. The van der Waals surface area contributed by atoms with Gasteiger partial charge in [-0.1, -0.05) is 29.5 Å². The number of aliphatic carboxylic acids is 1. The first-order valence-electron chi connectivity index (χ1n) is 6.82. The van der Waals surface area contributed by atoms with E-state index in [2.05, 4.69) is 22.5 Å². The summed E-state index contributed by atoms with van der Waals surface area (Å²) in [6.07, 6.45) is -1.18. The summed E-state index contributed by atoms with van der Waals surface area (Å²) < 4.78 is 14.8. The maximum absolute atomic E-state index is 11.2. The van der Waals surface area contributed by atoms with E-state index in [1.165, 1.54) is 0 Å². The number of halogens is 2. The van der Waals surface area contributed by atoms with Crippen LogP contribution in [0.25, 0.3) is 0 Å². The quantitative estimate of drug-likeness (QED) is 0.263. The number of alkyl halides is 1. The number of carboxylic acids is 1. The van der Waals surface area contributed by atoms with Crippen molar-refractivity contribution in [3.63, 3.8) is 0 Å². The van der Waals surface area contributed by atoms with Gasteiger partial charge < -0.3 is 19.6 Å². The molecule has 0 radical (unpaired) electrons. The number of hydrogen-bond donors (Lipinski definition) is 5.